The second kappa shape index (κ2) is 7.08. The van der Waals surface area contributed by atoms with E-state index in [0.29, 0.717) is 12.8 Å². The molecular weight excluding hydrogens is 310 g/mol. The van der Waals surface area contributed by atoms with Gasteiger partial charge in [0.2, 0.25) is 11.8 Å². The van der Waals surface area contributed by atoms with E-state index in [2.05, 4.69) is 16.4 Å². The van der Waals surface area contributed by atoms with E-state index in [1.54, 1.807) is 18.3 Å². The molecule has 2 amide bonds. The fourth-order valence-corrected chi connectivity index (χ4v) is 3.85. The average Bonchev–Trinajstić information content (AvgIpc) is 2.96. The highest BCUT2D eigenvalue weighted by Gasteiger charge is 2.21. The number of carbonyl (C=O) groups is 2. The number of para-hydroxylation sites is 1. The number of carbonyl (C=O) groups excluding carboxylic acids is 2. The van der Waals surface area contributed by atoms with Crippen LogP contribution in [0, 0.1) is 0 Å². The van der Waals surface area contributed by atoms with Crippen LogP contribution in [-0.4, -0.2) is 40.8 Å². The third-order valence-electron chi connectivity index (χ3n) is 4.21. The third kappa shape index (κ3) is 4.07. The number of hydrogen-bond donors (Lipinski definition) is 1. The Balaban J connectivity index is 1.45. The van der Waals surface area contributed by atoms with Gasteiger partial charge in [0, 0.05) is 38.9 Å². The molecule has 3 rings (SSSR count). The molecular formula is C17H21N3O2S. The van der Waals surface area contributed by atoms with Gasteiger partial charge in [0.15, 0.2) is 0 Å². The molecule has 0 aliphatic carbocycles. The van der Waals surface area contributed by atoms with Crippen LogP contribution in [0.1, 0.15) is 31.2 Å². The number of aromatic nitrogens is 1. The summed E-state index contributed by atoms with van der Waals surface area (Å²) >= 11 is 1.65. The van der Waals surface area contributed by atoms with Gasteiger partial charge in [-0.3, -0.25) is 9.59 Å². The van der Waals surface area contributed by atoms with Gasteiger partial charge in [0.25, 0.3) is 0 Å². The zero-order valence-electron chi connectivity index (χ0n) is 13.2. The first kappa shape index (κ1) is 15.9. The molecule has 0 radical (unpaired) electrons. The van der Waals surface area contributed by atoms with E-state index >= 15 is 0 Å². The minimum Gasteiger partial charge on any atom is -0.353 e. The molecule has 2 aromatic rings. The number of piperidine rings is 1. The van der Waals surface area contributed by atoms with E-state index in [-0.39, 0.29) is 17.9 Å². The van der Waals surface area contributed by atoms with Crippen molar-refractivity contribution < 1.29 is 9.59 Å². The lowest BCUT2D eigenvalue weighted by atomic mass is 10.0. The number of thiazole rings is 1. The van der Waals surface area contributed by atoms with Crippen molar-refractivity contribution in [2.45, 2.75) is 38.6 Å². The predicted octanol–water partition coefficient (Wildman–Crippen LogP) is 2.36. The molecule has 1 N–H and O–H groups in total. The van der Waals surface area contributed by atoms with Crippen LogP contribution in [0.3, 0.4) is 0 Å². The number of likely N-dealkylation sites (tertiary alicyclic amines) is 1. The van der Waals surface area contributed by atoms with Crippen LogP contribution in [0.25, 0.3) is 10.2 Å². The van der Waals surface area contributed by atoms with Crippen LogP contribution in [-0.2, 0) is 16.0 Å². The van der Waals surface area contributed by atoms with E-state index in [9.17, 15) is 9.59 Å². The van der Waals surface area contributed by atoms with Crippen molar-refractivity contribution in [2.75, 3.05) is 13.1 Å². The third-order valence-corrected chi connectivity index (χ3v) is 5.31. The fourth-order valence-electron chi connectivity index (χ4n) is 2.89. The van der Waals surface area contributed by atoms with E-state index in [4.69, 9.17) is 0 Å². The van der Waals surface area contributed by atoms with Crippen LogP contribution in [0.5, 0.6) is 0 Å². The number of hydrogen-bond acceptors (Lipinski definition) is 4. The first-order valence-electron chi connectivity index (χ1n) is 8.01. The van der Waals surface area contributed by atoms with E-state index in [1.807, 2.05) is 23.1 Å². The Morgan fingerprint density at radius 3 is 2.74 bits per heavy atom. The van der Waals surface area contributed by atoms with E-state index < -0.39 is 0 Å². The topological polar surface area (TPSA) is 62.3 Å². The molecule has 1 saturated heterocycles. The highest BCUT2D eigenvalue weighted by Crippen LogP contribution is 2.22. The van der Waals surface area contributed by atoms with Crippen LogP contribution in [0.2, 0.25) is 0 Å². The second-order valence-corrected chi connectivity index (χ2v) is 7.04. The SMILES string of the molecule is CC(=O)N1CCC(NC(=O)CCc2nc3ccccc3s2)CC1. The standard InChI is InChI=1S/C17H21N3O2S/c1-12(21)20-10-8-13(9-11-20)18-16(22)6-7-17-19-14-4-2-3-5-15(14)23-17/h2-5,13H,6-11H2,1H3,(H,18,22). The van der Waals surface area contributed by atoms with Crippen LogP contribution in [0.15, 0.2) is 24.3 Å². The zero-order chi connectivity index (χ0) is 16.2. The van der Waals surface area contributed by atoms with E-state index in [0.717, 1.165) is 36.5 Å². The van der Waals surface area contributed by atoms with Crippen molar-refractivity contribution in [3.8, 4) is 0 Å². The zero-order valence-corrected chi connectivity index (χ0v) is 14.1. The summed E-state index contributed by atoms with van der Waals surface area (Å²) in [6.45, 7) is 3.06. The van der Waals surface area contributed by atoms with Crippen molar-refractivity contribution in [1.29, 1.82) is 0 Å². The highest BCUT2D eigenvalue weighted by molar-refractivity contribution is 7.18. The summed E-state index contributed by atoms with van der Waals surface area (Å²) in [5.74, 6) is 0.191. The lowest BCUT2D eigenvalue weighted by molar-refractivity contribution is -0.130. The maximum atomic E-state index is 12.1. The number of benzene rings is 1. The summed E-state index contributed by atoms with van der Waals surface area (Å²) in [7, 11) is 0. The molecule has 0 unspecified atom stereocenters. The summed E-state index contributed by atoms with van der Waals surface area (Å²) in [6.07, 6.45) is 2.82. The maximum absolute atomic E-state index is 12.1. The summed E-state index contributed by atoms with van der Waals surface area (Å²) in [4.78, 5) is 29.8. The Kier molecular flexibility index (Phi) is 4.91. The number of nitrogens with zero attached hydrogens (tertiary/aromatic N) is 2. The Morgan fingerprint density at radius 2 is 2.04 bits per heavy atom. The van der Waals surface area contributed by atoms with Gasteiger partial charge >= 0.3 is 0 Å². The maximum Gasteiger partial charge on any atom is 0.220 e. The van der Waals surface area contributed by atoms with Crippen molar-refractivity contribution >= 4 is 33.4 Å². The molecule has 0 atom stereocenters. The van der Waals surface area contributed by atoms with Gasteiger partial charge in [-0.25, -0.2) is 4.98 Å². The molecule has 0 bridgehead atoms. The Labute approximate surface area is 139 Å². The van der Waals surface area contributed by atoms with Gasteiger partial charge < -0.3 is 10.2 Å². The number of amides is 2. The van der Waals surface area contributed by atoms with Gasteiger partial charge in [0.05, 0.1) is 15.2 Å². The summed E-state index contributed by atoms with van der Waals surface area (Å²) in [5.41, 5.74) is 1.00. The Hall–Kier alpha value is -1.95. The highest BCUT2D eigenvalue weighted by atomic mass is 32.1. The minimum atomic E-state index is 0.0746. The lowest BCUT2D eigenvalue weighted by Gasteiger charge is -2.31. The molecule has 6 heteroatoms. The van der Waals surface area contributed by atoms with Gasteiger partial charge in [-0.15, -0.1) is 11.3 Å². The smallest absolute Gasteiger partial charge is 0.220 e. The van der Waals surface area contributed by atoms with Crippen LogP contribution in [0.4, 0.5) is 0 Å². The van der Waals surface area contributed by atoms with Crippen molar-refractivity contribution in [2.24, 2.45) is 0 Å². The largest absolute Gasteiger partial charge is 0.353 e. The van der Waals surface area contributed by atoms with Crippen LogP contribution >= 0.6 is 11.3 Å². The molecule has 1 fully saturated rings. The monoisotopic (exact) mass is 331 g/mol. The van der Waals surface area contributed by atoms with Crippen molar-refractivity contribution in [3.63, 3.8) is 0 Å². The molecule has 23 heavy (non-hydrogen) atoms. The van der Waals surface area contributed by atoms with Gasteiger partial charge in [0.1, 0.15) is 0 Å². The summed E-state index contributed by atoms with van der Waals surface area (Å²) in [5, 5.41) is 4.09. The number of rotatable bonds is 4. The number of aryl methyl sites for hydroxylation is 1. The van der Waals surface area contributed by atoms with Crippen molar-refractivity contribution in [3.05, 3.63) is 29.3 Å². The summed E-state index contributed by atoms with van der Waals surface area (Å²) in [6, 6.07) is 8.22. The Morgan fingerprint density at radius 1 is 1.30 bits per heavy atom. The molecule has 1 aliphatic heterocycles. The first-order chi connectivity index (χ1) is 11.1. The minimum absolute atomic E-state index is 0.0746. The summed E-state index contributed by atoms with van der Waals surface area (Å²) < 4.78 is 1.17. The fraction of sp³-hybridized carbons (Fsp3) is 0.471. The first-order valence-corrected chi connectivity index (χ1v) is 8.83. The number of nitrogens with one attached hydrogen (secondary N) is 1. The molecule has 1 aromatic heterocycles. The molecule has 1 aliphatic rings. The molecule has 1 aromatic carbocycles. The van der Waals surface area contributed by atoms with Gasteiger partial charge in [-0.1, -0.05) is 12.1 Å². The van der Waals surface area contributed by atoms with E-state index in [1.165, 1.54) is 4.70 Å². The average molecular weight is 331 g/mol. The van der Waals surface area contributed by atoms with Gasteiger partial charge in [-0.2, -0.15) is 0 Å². The van der Waals surface area contributed by atoms with Crippen LogP contribution < -0.4 is 5.32 Å². The van der Waals surface area contributed by atoms with Crippen molar-refractivity contribution in [1.82, 2.24) is 15.2 Å². The second-order valence-electron chi connectivity index (χ2n) is 5.92. The quantitative estimate of drug-likeness (QED) is 0.935. The molecule has 0 spiro atoms. The molecule has 122 valence electrons. The van der Waals surface area contributed by atoms with Gasteiger partial charge in [-0.05, 0) is 25.0 Å². The molecule has 2 heterocycles. The lowest BCUT2D eigenvalue weighted by Crippen LogP contribution is -2.46. The predicted molar refractivity (Wildman–Crippen MR) is 91.4 cm³/mol. The normalized spacial score (nSPS) is 15.8. The molecule has 5 nitrogen and oxygen atoms in total. The Bertz CT molecular complexity index is 672. The number of fused-ring (bicyclic) bond motifs is 1. The molecule has 0 saturated carbocycles.